The first-order valence-electron chi connectivity index (χ1n) is 9.63. The quantitative estimate of drug-likeness (QED) is 0.535. The maximum Gasteiger partial charge on any atom is 0.263 e. The summed E-state index contributed by atoms with van der Waals surface area (Å²) in [5, 5.41) is 10.4. The largest absolute Gasteiger partial charge is 0.494 e. The van der Waals surface area contributed by atoms with Crippen molar-refractivity contribution in [3.05, 3.63) is 53.6 Å². The first-order chi connectivity index (χ1) is 14.1. The highest BCUT2D eigenvalue weighted by atomic mass is 16.6. The minimum absolute atomic E-state index is 0.138. The molecule has 0 spiro atoms. The van der Waals surface area contributed by atoms with Gasteiger partial charge in [-0.05, 0) is 72.0 Å². The van der Waals surface area contributed by atoms with Gasteiger partial charge in [0.1, 0.15) is 11.5 Å². The molecule has 2 aromatic carbocycles. The van der Waals surface area contributed by atoms with E-state index in [2.05, 4.69) is 22.6 Å². The molecule has 0 aliphatic rings. The molecule has 0 unspecified atom stereocenters. The topological polar surface area (TPSA) is 86.5 Å². The van der Waals surface area contributed by atoms with Crippen LogP contribution in [-0.2, 0) is 4.79 Å². The highest BCUT2D eigenvalue weighted by Crippen LogP contribution is 2.26. The van der Waals surface area contributed by atoms with Gasteiger partial charge in [-0.1, -0.05) is 25.5 Å². The lowest BCUT2D eigenvalue weighted by Gasteiger charge is -2.10. The molecule has 0 aliphatic heterocycles. The van der Waals surface area contributed by atoms with E-state index in [1.807, 2.05) is 56.3 Å². The molecule has 1 amide bonds. The van der Waals surface area contributed by atoms with Crippen LogP contribution in [-0.4, -0.2) is 29.4 Å². The van der Waals surface area contributed by atoms with Crippen LogP contribution in [0.2, 0.25) is 0 Å². The number of aromatic nitrogens is 2. The first-order valence-corrected chi connectivity index (χ1v) is 9.63. The second-order valence-corrected chi connectivity index (χ2v) is 6.72. The molecule has 7 heteroatoms. The van der Waals surface area contributed by atoms with E-state index in [0.717, 1.165) is 35.3 Å². The number of carbonyl (C=O) groups excluding carboxylic acids is 1. The average Bonchev–Trinajstić information content (AvgIpc) is 3.18. The van der Waals surface area contributed by atoms with E-state index in [1.54, 1.807) is 0 Å². The molecule has 0 saturated carbocycles. The summed E-state index contributed by atoms with van der Waals surface area (Å²) in [5.74, 6) is 1.37. The van der Waals surface area contributed by atoms with Crippen LogP contribution < -0.4 is 14.8 Å². The van der Waals surface area contributed by atoms with Gasteiger partial charge >= 0.3 is 0 Å². The summed E-state index contributed by atoms with van der Waals surface area (Å²) < 4.78 is 16.1. The number of nitrogens with zero attached hydrogens (tertiary/aromatic N) is 2. The second-order valence-electron chi connectivity index (χ2n) is 6.72. The van der Waals surface area contributed by atoms with Gasteiger partial charge in [-0.25, -0.2) is 4.63 Å². The van der Waals surface area contributed by atoms with E-state index in [9.17, 15) is 4.79 Å². The monoisotopic (exact) mass is 395 g/mol. The summed E-state index contributed by atoms with van der Waals surface area (Å²) in [6.07, 6.45) is 2.09. The molecular weight excluding hydrogens is 370 g/mol. The van der Waals surface area contributed by atoms with Crippen LogP contribution in [0.15, 0.2) is 47.1 Å². The van der Waals surface area contributed by atoms with E-state index >= 15 is 0 Å². The van der Waals surface area contributed by atoms with Crippen LogP contribution >= 0.6 is 0 Å². The Morgan fingerprint density at radius 2 is 1.86 bits per heavy atom. The van der Waals surface area contributed by atoms with Crippen molar-refractivity contribution in [2.24, 2.45) is 0 Å². The molecule has 29 heavy (non-hydrogen) atoms. The number of carbonyl (C=O) groups is 1. The number of aryl methyl sites for hydroxylation is 1. The Morgan fingerprint density at radius 3 is 2.62 bits per heavy atom. The standard InChI is InChI=1S/C22H25N3O4/c1-4-5-13-27-18-11-9-17(10-12-18)21-22(25-29-24-21)23-20(26)14-28-19-8-6-7-15(2)16(19)3/h6-12H,4-5,13-14H2,1-3H3,(H,23,25,26). The third kappa shape index (κ3) is 5.34. The molecule has 1 N–H and O–H groups in total. The molecule has 1 heterocycles. The van der Waals surface area contributed by atoms with Crippen molar-refractivity contribution < 1.29 is 18.9 Å². The number of rotatable bonds is 9. The van der Waals surface area contributed by atoms with Gasteiger partial charge < -0.3 is 14.8 Å². The van der Waals surface area contributed by atoms with Crippen molar-refractivity contribution in [1.29, 1.82) is 0 Å². The first kappa shape index (κ1) is 20.4. The van der Waals surface area contributed by atoms with Crippen molar-refractivity contribution in [1.82, 2.24) is 10.3 Å². The van der Waals surface area contributed by atoms with Crippen LogP contribution in [0.1, 0.15) is 30.9 Å². The van der Waals surface area contributed by atoms with Gasteiger partial charge in [-0.2, -0.15) is 0 Å². The van der Waals surface area contributed by atoms with Gasteiger partial charge in [0, 0.05) is 5.56 Å². The summed E-state index contributed by atoms with van der Waals surface area (Å²) in [7, 11) is 0. The summed E-state index contributed by atoms with van der Waals surface area (Å²) in [4.78, 5) is 12.3. The predicted molar refractivity (Wildman–Crippen MR) is 110 cm³/mol. The van der Waals surface area contributed by atoms with E-state index in [-0.39, 0.29) is 18.3 Å². The second kappa shape index (κ2) is 9.73. The van der Waals surface area contributed by atoms with E-state index < -0.39 is 0 Å². The van der Waals surface area contributed by atoms with Crippen LogP contribution in [0, 0.1) is 13.8 Å². The van der Waals surface area contributed by atoms with Crippen molar-refractivity contribution in [3.63, 3.8) is 0 Å². The Kier molecular flexibility index (Phi) is 6.84. The normalized spacial score (nSPS) is 10.6. The minimum atomic E-state index is -0.345. The van der Waals surface area contributed by atoms with Crippen molar-refractivity contribution >= 4 is 11.7 Å². The molecule has 3 aromatic rings. The fourth-order valence-corrected chi connectivity index (χ4v) is 2.70. The SMILES string of the molecule is CCCCOc1ccc(-c2nonc2NC(=O)COc2cccc(C)c2C)cc1. The predicted octanol–water partition coefficient (Wildman–Crippen LogP) is 4.55. The molecule has 0 aliphatic carbocycles. The van der Waals surface area contributed by atoms with Gasteiger partial charge in [-0.3, -0.25) is 4.79 Å². The number of amides is 1. The fraction of sp³-hybridized carbons (Fsp3) is 0.318. The Balaban J connectivity index is 1.61. The van der Waals surface area contributed by atoms with Gasteiger partial charge in [0.05, 0.1) is 6.61 Å². The maximum atomic E-state index is 12.3. The Morgan fingerprint density at radius 1 is 1.07 bits per heavy atom. The number of nitrogens with one attached hydrogen (secondary N) is 1. The summed E-state index contributed by atoms with van der Waals surface area (Å²) in [6.45, 7) is 6.62. The molecule has 0 atom stereocenters. The highest BCUT2D eigenvalue weighted by Gasteiger charge is 2.16. The number of benzene rings is 2. The van der Waals surface area contributed by atoms with E-state index in [0.29, 0.717) is 18.1 Å². The summed E-state index contributed by atoms with van der Waals surface area (Å²) >= 11 is 0. The minimum Gasteiger partial charge on any atom is -0.494 e. The van der Waals surface area contributed by atoms with Gasteiger partial charge in [0.25, 0.3) is 5.91 Å². The molecule has 7 nitrogen and oxygen atoms in total. The fourth-order valence-electron chi connectivity index (χ4n) is 2.70. The number of hydrogen-bond donors (Lipinski definition) is 1. The smallest absolute Gasteiger partial charge is 0.263 e. The number of unbranched alkanes of at least 4 members (excludes halogenated alkanes) is 1. The van der Waals surface area contributed by atoms with E-state index in [4.69, 9.17) is 14.1 Å². The maximum absolute atomic E-state index is 12.3. The highest BCUT2D eigenvalue weighted by molar-refractivity contribution is 5.94. The van der Waals surface area contributed by atoms with Crippen LogP contribution in [0.3, 0.4) is 0 Å². The average molecular weight is 395 g/mol. The third-order valence-corrected chi connectivity index (χ3v) is 4.55. The number of hydrogen-bond acceptors (Lipinski definition) is 6. The van der Waals surface area contributed by atoms with Gasteiger partial charge in [-0.15, -0.1) is 0 Å². The molecular formula is C22H25N3O4. The Hall–Kier alpha value is -3.35. The van der Waals surface area contributed by atoms with Crippen LogP contribution in [0.25, 0.3) is 11.3 Å². The molecule has 0 bridgehead atoms. The van der Waals surface area contributed by atoms with Crippen molar-refractivity contribution in [3.8, 4) is 22.8 Å². The third-order valence-electron chi connectivity index (χ3n) is 4.55. The lowest BCUT2D eigenvalue weighted by atomic mass is 10.1. The van der Waals surface area contributed by atoms with Crippen LogP contribution in [0.4, 0.5) is 5.82 Å². The summed E-state index contributed by atoms with van der Waals surface area (Å²) in [6, 6.07) is 13.1. The molecule has 1 aromatic heterocycles. The van der Waals surface area contributed by atoms with Crippen molar-refractivity contribution in [2.75, 3.05) is 18.5 Å². The number of anilines is 1. The summed E-state index contributed by atoms with van der Waals surface area (Å²) in [5.41, 5.74) is 3.32. The molecule has 0 fully saturated rings. The molecule has 3 rings (SSSR count). The zero-order valence-electron chi connectivity index (χ0n) is 16.9. The molecule has 0 radical (unpaired) electrons. The lowest BCUT2D eigenvalue weighted by molar-refractivity contribution is -0.118. The Labute approximate surface area is 170 Å². The van der Waals surface area contributed by atoms with Gasteiger partial charge in [0.2, 0.25) is 5.82 Å². The zero-order valence-corrected chi connectivity index (χ0v) is 16.9. The van der Waals surface area contributed by atoms with E-state index in [1.165, 1.54) is 0 Å². The number of ether oxygens (including phenoxy) is 2. The van der Waals surface area contributed by atoms with Crippen LogP contribution in [0.5, 0.6) is 11.5 Å². The lowest BCUT2D eigenvalue weighted by Crippen LogP contribution is -2.21. The van der Waals surface area contributed by atoms with Gasteiger partial charge in [0.15, 0.2) is 12.3 Å². The van der Waals surface area contributed by atoms with Crippen molar-refractivity contribution in [2.45, 2.75) is 33.6 Å². The molecule has 152 valence electrons. The zero-order chi connectivity index (χ0) is 20.6. The molecule has 0 saturated heterocycles. The Bertz CT molecular complexity index is 951.